The first-order chi connectivity index (χ1) is 14.1. The molecule has 0 unspecified atom stereocenters. The van der Waals surface area contributed by atoms with Crippen LogP contribution in [0.5, 0.6) is 0 Å². The Bertz CT molecular complexity index is 1090. The van der Waals surface area contributed by atoms with Gasteiger partial charge in [0.25, 0.3) is 5.91 Å². The van der Waals surface area contributed by atoms with Crippen molar-refractivity contribution in [3.8, 4) is 0 Å². The standard InChI is InChI=1S/C20H11F7N2O/c21-10-4-6-12(20(25,26)27)17(8-10)29-16-7-5-11(9-15(16)24)28-19(30)18-13(22)2-1-3-14(18)23/h1-9,29H,(H,28,30). The lowest BCUT2D eigenvalue weighted by Crippen LogP contribution is -2.16. The van der Waals surface area contributed by atoms with Crippen molar-refractivity contribution in [2.75, 3.05) is 10.6 Å². The van der Waals surface area contributed by atoms with Crippen LogP contribution < -0.4 is 10.6 Å². The van der Waals surface area contributed by atoms with Gasteiger partial charge >= 0.3 is 6.18 Å². The number of hydrogen-bond donors (Lipinski definition) is 2. The van der Waals surface area contributed by atoms with Gasteiger partial charge in [0, 0.05) is 5.69 Å². The summed E-state index contributed by atoms with van der Waals surface area (Å²) in [5.41, 5.74) is -3.46. The van der Waals surface area contributed by atoms with E-state index in [0.29, 0.717) is 18.2 Å². The van der Waals surface area contributed by atoms with E-state index in [4.69, 9.17) is 0 Å². The minimum atomic E-state index is -4.82. The monoisotopic (exact) mass is 428 g/mol. The minimum absolute atomic E-state index is 0.207. The molecule has 0 radical (unpaired) electrons. The SMILES string of the molecule is O=C(Nc1ccc(Nc2cc(F)ccc2C(F)(F)F)c(F)c1)c1c(F)cccc1F. The molecule has 0 fully saturated rings. The Morgan fingerprint density at radius 3 is 2.03 bits per heavy atom. The van der Waals surface area contributed by atoms with Crippen molar-refractivity contribution < 1.29 is 35.5 Å². The normalized spacial score (nSPS) is 11.3. The molecular formula is C20H11F7N2O. The predicted octanol–water partition coefficient (Wildman–Crippen LogP) is 6.26. The molecule has 30 heavy (non-hydrogen) atoms. The average molecular weight is 428 g/mol. The number of halogens is 7. The number of rotatable bonds is 4. The van der Waals surface area contributed by atoms with E-state index in [1.54, 1.807) is 0 Å². The molecule has 0 aliphatic heterocycles. The molecule has 156 valence electrons. The van der Waals surface area contributed by atoms with Gasteiger partial charge in [-0.2, -0.15) is 13.2 Å². The first-order valence-electron chi connectivity index (χ1n) is 8.25. The molecule has 3 rings (SSSR count). The second-order valence-electron chi connectivity index (χ2n) is 6.06. The molecule has 0 aliphatic rings. The minimum Gasteiger partial charge on any atom is -0.353 e. The third-order valence-electron chi connectivity index (χ3n) is 3.97. The summed E-state index contributed by atoms with van der Waals surface area (Å²) in [5, 5.41) is 4.24. The molecule has 0 heterocycles. The van der Waals surface area contributed by atoms with E-state index >= 15 is 0 Å². The largest absolute Gasteiger partial charge is 0.418 e. The van der Waals surface area contributed by atoms with E-state index in [1.165, 1.54) is 0 Å². The van der Waals surface area contributed by atoms with Gasteiger partial charge in [-0.25, -0.2) is 17.6 Å². The van der Waals surface area contributed by atoms with Crippen LogP contribution in [0.3, 0.4) is 0 Å². The maximum atomic E-state index is 14.3. The van der Waals surface area contributed by atoms with Crippen molar-refractivity contribution >= 4 is 23.0 Å². The maximum Gasteiger partial charge on any atom is 0.418 e. The second-order valence-corrected chi connectivity index (χ2v) is 6.06. The van der Waals surface area contributed by atoms with E-state index in [2.05, 4.69) is 10.6 Å². The molecule has 0 spiro atoms. The Balaban J connectivity index is 1.85. The molecule has 3 aromatic rings. The molecule has 0 saturated carbocycles. The first kappa shape index (κ1) is 21.2. The summed E-state index contributed by atoms with van der Waals surface area (Å²) in [6, 6.07) is 7.26. The van der Waals surface area contributed by atoms with Gasteiger partial charge in [-0.05, 0) is 48.5 Å². The van der Waals surface area contributed by atoms with Gasteiger partial charge in [-0.15, -0.1) is 0 Å². The number of carbonyl (C=O) groups is 1. The van der Waals surface area contributed by atoms with Crippen molar-refractivity contribution in [3.63, 3.8) is 0 Å². The van der Waals surface area contributed by atoms with Crippen LogP contribution in [-0.4, -0.2) is 5.91 Å². The van der Waals surface area contributed by atoms with E-state index in [9.17, 15) is 35.5 Å². The summed E-state index contributed by atoms with van der Waals surface area (Å²) in [5.74, 6) is -5.51. The fraction of sp³-hybridized carbons (Fsp3) is 0.0500. The van der Waals surface area contributed by atoms with E-state index in [0.717, 1.165) is 36.4 Å². The number of hydrogen-bond acceptors (Lipinski definition) is 2. The summed E-state index contributed by atoms with van der Waals surface area (Å²) in [6.07, 6.45) is -4.82. The highest BCUT2D eigenvalue weighted by Gasteiger charge is 2.34. The van der Waals surface area contributed by atoms with Crippen molar-refractivity contribution in [1.29, 1.82) is 0 Å². The van der Waals surface area contributed by atoms with Gasteiger partial charge in [0.15, 0.2) is 0 Å². The molecule has 3 aromatic carbocycles. The van der Waals surface area contributed by atoms with Crippen LogP contribution >= 0.6 is 0 Å². The molecule has 1 amide bonds. The number of carbonyl (C=O) groups excluding carboxylic acids is 1. The van der Waals surface area contributed by atoms with Gasteiger partial charge in [-0.3, -0.25) is 4.79 Å². The van der Waals surface area contributed by atoms with Crippen LogP contribution in [0, 0.1) is 23.3 Å². The Morgan fingerprint density at radius 2 is 1.43 bits per heavy atom. The number of benzene rings is 3. The molecule has 3 nitrogen and oxygen atoms in total. The molecule has 0 atom stereocenters. The number of nitrogens with one attached hydrogen (secondary N) is 2. The average Bonchev–Trinajstić information content (AvgIpc) is 2.63. The molecule has 0 saturated heterocycles. The summed E-state index contributed by atoms with van der Waals surface area (Å²) in [4.78, 5) is 12.0. The molecule has 0 bridgehead atoms. The number of amides is 1. The molecule has 2 N–H and O–H groups in total. The van der Waals surface area contributed by atoms with Crippen molar-refractivity contribution in [2.45, 2.75) is 6.18 Å². The van der Waals surface area contributed by atoms with Crippen LogP contribution in [0.1, 0.15) is 15.9 Å². The van der Waals surface area contributed by atoms with E-state index in [1.807, 2.05) is 0 Å². The summed E-state index contributed by atoms with van der Waals surface area (Å²) in [6.45, 7) is 0. The van der Waals surface area contributed by atoms with E-state index in [-0.39, 0.29) is 5.69 Å². The van der Waals surface area contributed by atoms with Crippen LogP contribution in [0.2, 0.25) is 0 Å². The quantitative estimate of drug-likeness (QED) is 0.482. The topological polar surface area (TPSA) is 41.1 Å². The summed E-state index contributed by atoms with van der Waals surface area (Å²) < 4.78 is 94.2. The lowest BCUT2D eigenvalue weighted by Gasteiger charge is -2.15. The van der Waals surface area contributed by atoms with Gasteiger partial charge in [-0.1, -0.05) is 6.07 Å². The van der Waals surface area contributed by atoms with Crippen LogP contribution in [0.4, 0.5) is 47.8 Å². The molecule has 10 heteroatoms. The zero-order chi connectivity index (χ0) is 22.1. The zero-order valence-electron chi connectivity index (χ0n) is 14.8. The van der Waals surface area contributed by atoms with Gasteiger partial charge in [0.1, 0.15) is 28.8 Å². The van der Waals surface area contributed by atoms with Crippen LogP contribution in [0.25, 0.3) is 0 Å². The lowest BCUT2D eigenvalue weighted by atomic mass is 10.1. The van der Waals surface area contributed by atoms with Gasteiger partial charge in [0.2, 0.25) is 0 Å². The van der Waals surface area contributed by atoms with Crippen LogP contribution in [0.15, 0.2) is 54.6 Å². The molecule has 0 aromatic heterocycles. The van der Waals surface area contributed by atoms with Crippen molar-refractivity contribution in [2.24, 2.45) is 0 Å². The van der Waals surface area contributed by atoms with Crippen molar-refractivity contribution in [1.82, 2.24) is 0 Å². The zero-order valence-corrected chi connectivity index (χ0v) is 14.8. The summed E-state index contributed by atoms with van der Waals surface area (Å²) in [7, 11) is 0. The second kappa shape index (κ2) is 8.05. The Hall–Kier alpha value is -3.56. The Morgan fingerprint density at radius 1 is 0.767 bits per heavy atom. The van der Waals surface area contributed by atoms with Gasteiger partial charge in [0.05, 0.1) is 16.9 Å². The fourth-order valence-corrected chi connectivity index (χ4v) is 2.61. The number of anilines is 3. The highest BCUT2D eigenvalue weighted by Crippen LogP contribution is 2.37. The van der Waals surface area contributed by atoms with Crippen molar-refractivity contribution in [3.05, 3.63) is 89.0 Å². The highest BCUT2D eigenvalue weighted by atomic mass is 19.4. The highest BCUT2D eigenvalue weighted by molar-refractivity contribution is 6.04. The lowest BCUT2D eigenvalue weighted by molar-refractivity contribution is -0.136. The predicted molar refractivity (Wildman–Crippen MR) is 95.4 cm³/mol. The van der Waals surface area contributed by atoms with Crippen LogP contribution in [-0.2, 0) is 6.18 Å². The molecule has 0 aliphatic carbocycles. The first-order valence-corrected chi connectivity index (χ1v) is 8.25. The third-order valence-corrected chi connectivity index (χ3v) is 3.97. The fourth-order valence-electron chi connectivity index (χ4n) is 2.61. The Labute approximate surface area is 165 Å². The maximum absolute atomic E-state index is 14.3. The molecular weight excluding hydrogens is 417 g/mol. The number of alkyl halides is 3. The Kier molecular flexibility index (Phi) is 5.68. The van der Waals surface area contributed by atoms with Gasteiger partial charge < -0.3 is 10.6 Å². The third kappa shape index (κ3) is 4.53. The smallest absolute Gasteiger partial charge is 0.353 e. The van der Waals surface area contributed by atoms with E-state index < -0.39 is 57.9 Å². The summed E-state index contributed by atoms with van der Waals surface area (Å²) >= 11 is 0.